The molecule has 0 spiro atoms. The van der Waals surface area contributed by atoms with Crippen LogP contribution >= 0.6 is 0 Å². The number of nitro groups is 1. The zero-order chi connectivity index (χ0) is 17.0. The predicted octanol–water partition coefficient (Wildman–Crippen LogP) is 2.81. The molecule has 2 N–H and O–H groups in total. The third-order valence-corrected chi connectivity index (χ3v) is 3.05. The number of aliphatic hydroxyl groups excluding tert-OH is 1. The number of carboxylic acid groups (broad SMARTS) is 1. The smallest absolute Gasteiger partial charge is 0.376 e. The van der Waals surface area contributed by atoms with E-state index in [-0.39, 0.29) is 11.3 Å². The Kier molecular flexibility index (Phi) is 4.51. The summed E-state index contributed by atoms with van der Waals surface area (Å²) in [5.41, 5.74) is 0.676. The largest absolute Gasteiger partial charge is 0.507 e. The van der Waals surface area contributed by atoms with Crippen molar-refractivity contribution in [2.75, 3.05) is 0 Å². The molecule has 7 heteroatoms. The van der Waals surface area contributed by atoms with E-state index >= 15 is 0 Å². The zero-order valence-corrected chi connectivity index (χ0v) is 11.7. The topological polar surface area (TPSA) is 118 Å². The quantitative estimate of drug-likeness (QED) is 0.288. The molecule has 2 aromatic carbocycles. The fourth-order valence-corrected chi connectivity index (χ4v) is 1.97. The number of rotatable bonds is 5. The summed E-state index contributed by atoms with van der Waals surface area (Å²) in [6, 6.07) is 12.5. The van der Waals surface area contributed by atoms with Crippen LogP contribution in [0.15, 0.2) is 54.6 Å². The van der Waals surface area contributed by atoms with Gasteiger partial charge in [0.2, 0.25) is 0 Å². The minimum atomic E-state index is -1.73. The Hall–Kier alpha value is -3.48. The molecule has 116 valence electrons. The van der Waals surface area contributed by atoms with E-state index in [1.807, 2.05) is 0 Å². The lowest BCUT2D eigenvalue weighted by atomic mass is 10.0. The van der Waals surface area contributed by atoms with Gasteiger partial charge in [0.25, 0.3) is 11.5 Å². The van der Waals surface area contributed by atoms with Gasteiger partial charge >= 0.3 is 5.97 Å². The molecular formula is C16H11NO6. The fourth-order valence-electron chi connectivity index (χ4n) is 1.97. The first-order chi connectivity index (χ1) is 10.9. The Bertz CT molecular complexity index is 811. The van der Waals surface area contributed by atoms with Crippen molar-refractivity contribution in [3.05, 3.63) is 70.3 Å². The van der Waals surface area contributed by atoms with Crippen LogP contribution in [0.1, 0.15) is 5.56 Å². The Morgan fingerprint density at radius 3 is 2.26 bits per heavy atom. The standard InChI is InChI=1S/C16H11NO6/c18-14(9-15(19)16(20)21)11-6-7-12(13(8-11)17(22)23)10-4-2-1-3-5-10/h1-9,18H,(H,20,21)/b14-9-. The molecule has 0 fully saturated rings. The minimum absolute atomic E-state index is 0.0222. The van der Waals surface area contributed by atoms with Crippen molar-refractivity contribution in [1.29, 1.82) is 0 Å². The van der Waals surface area contributed by atoms with Crippen LogP contribution in [0.25, 0.3) is 16.9 Å². The number of carboxylic acids is 1. The molecule has 0 aliphatic carbocycles. The molecule has 0 atom stereocenters. The molecule has 0 unspecified atom stereocenters. The van der Waals surface area contributed by atoms with Gasteiger partial charge in [-0.1, -0.05) is 36.4 Å². The van der Waals surface area contributed by atoms with Crippen LogP contribution in [0.5, 0.6) is 0 Å². The lowest BCUT2D eigenvalue weighted by Gasteiger charge is -2.06. The lowest BCUT2D eigenvalue weighted by Crippen LogP contribution is -2.09. The number of ketones is 1. The van der Waals surface area contributed by atoms with Crippen molar-refractivity contribution in [2.24, 2.45) is 0 Å². The number of carbonyl (C=O) groups is 2. The summed E-state index contributed by atoms with van der Waals surface area (Å²) in [4.78, 5) is 32.2. The van der Waals surface area contributed by atoms with E-state index in [1.54, 1.807) is 30.3 Å². The van der Waals surface area contributed by atoms with Crippen LogP contribution in [0.3, 0.4) is 0 Å². The molecule has 0 radical (unpaired) electrons. The first kappa shape index (κ1) is 15.9. The average molecular weight is 313 g/mol. The number of benzene rings is 2. The van der Waals surface area contributed by atoms with Crippen LogP contribution in [0, 0.1) is 10.1 Å². The minimum Gasteiger partial charge on any atom is -0.507 e. The van der Waals surface area contributed by atoms with Crippen molar-refractivity contribution < 1.29 is 24.7 Å². The molecule has 0 saturated heterocycles. The number of hydrogen-bond donors (Lipinski definition) is 2. The normalized spacial score (nSPS) is 11.0. The molecule has 2 rings (SSSR count). The van der Waals surface area contributed by atoms with Gasteiger partial charge in [-0.25, -0.2) is 4.79 Å². The maximum Gasteiger partial charge on any atom is 0.376 e. The van der Waals surface area contributed by atoms with Crippen LogP contribution in [0.2, 0.25) is 0 Å². The van der Waals surface area contributed by atoms with Crippen molar-refractivity contribution in [3.8, 4) is 11.1 Å². The Balaban J connectivity index is 2.51. The molecule has 0 bridgehead atoms. The van der Waals surface area contributed by atoms with Gasteiger partial charge in [-0.3, -0.25) is 14.9 Å². The Morgan fingerprint density at radius 1 is 1.04 bits per heavy atom. The molecule has 7 nitrogen and oxygen atoms in total. The van der Waals surface area contributed by atoms with Crippen molar-refractivity contribution in [1.82, 2.24) is 0 Å². The van der Waals surface area contributed by atoms with Gasteiger partial charge < -0.3 is 10.2 Å². The number of carbonyl (C=O) groups excluding carboxylic acids is 1. The molecule has 0 saturated carbocycles. The van der Waals surface area contributed by atoms with Gasteiger partial charge in [-0.05, 0) is 11.6 Å². The summed E-state index contributed by atoms with van der Waals surface area (Å²) in [6.07, 6.45) is 0.504. The summed E-state index contributed by atoms with van der Waals surface area (Å²) in [7, 11) is 0. The van der Waals surface area contributed by atoms with E-state index < -0.39 is 22.4 Å². The maximum atomic E-state index is 11.2. The summed E-state index contributed by atoms with van der Waals surface area (Å²) in [6.45, 7) is 0. The van der Waals surface area contributed by atoms with Crippen LogP contribution in [0.4, 0.5) is 5.69 Å². The second-order valence-electron chi connectivity index (χ2n) is 4.55. The van der Waals surface area contributed by atoms with Gasteiger partial charge in [0, 0.05) is 17.7 Å². The molecule has 0 amide bonds. The van der Waals surface area contributed by atoms with Crippen LogP contribution < -0.4 is 0 Å². The van der Waals surface area contributed by atoms with Crippen LogP contribution in [-0.2, 0) is 9.59 Å². The Labute approximate surface area is 130 Å². The second-order valence-corrected chi connectivity index (χ2v) is 4.55. The van der Waals surface area contributed by atoms with E-state index in [1.165, 1.54) is 12.1 Å². The van der Waals surface area contributed by atoms with E-state index in [9.17, 15) is 24.8 Å². The summed E-state index contributed by atoms with van der Waals surface area (Å²) in [5, 5.41) is 29.5. The van der Waals surface area contributed by atoms with E-state index in [0.29, 0.717) is 17.2 Å². The van der Waals surface area contributed by atoms with Crippen molar-refractivity contribution in [2.45, 2.75) is 0 Å². The number of nitro benzene ring substituents is 1. The third-order valence-electron chi connectivity index (χ3n) is 3.05. The summed E-state index contributed by atoms with van der Waals surface area (Å²) in [5.74, 6) is -3.70. The maximum absolute atomic E-state index is 11.2. The molecule has 0 heterocycles. The SMILES string of the molecule is O=C(O)C(=O)/C=C(\O)c1ccc(-c2ccccc2)c([N+](=O)[O-])c1. The van der Waals surface area contributed by atoms with Gasteiger partial charge in [0.15, 0.2) is 0 Å². The zero-order valence-electron chi connectivity index (χ0n) is 11.7. The predicted molar refractivity (Wildman–Crippen MR) is 81.8 cm³/mol. The number of aliphatic hydroxyl groups is 1. The van der Waals surface area contributed by atoms with E-state index in [4.69, 9.17) is 5.11 Å². The highest BCUT2D eigenvalue weighted by Crippen LogP contribution is 2.32. The second kappa shape index (κ2) is 6.52. The Morgan fingerprint density at radius 2 is 1.70 bits per heavy atom. The molecule has 23 heavy (non-hydrogen) atoms. The molecular weight excluding hydrogens is 302 g/mol. The number of nitrogens with zero attached hydrogens (tertiary/aromatic N) is 1. The first-order valence-electron chi connectivity index (χ1n) is 6.42. The highest BCUT2D eigenvalue weighted by atomic mass is 16.6. The van der Waals surface area contributed by atoms with Gasteiger partial charge in [-0.15, -0.1) is 0 Å². The summed E-state index contributed by atoms with van der Waals surface area (Å²) >= 11 is 0. The molecule has 0 aliphatic heterocycles. The summed E-state index contributed by atoms with van der Waals surface area (Å²) < 4.78 is 0. The first-order valence-corrected chi connectivity index (χ1v) is 6.42. The molecule has 0 aromatic heterocycles. The monoisotopic (exact) mass is 313 g/mol. The van der Waals surface area contributed by atoms with Crippen molar-refractivity contribution in [3.63, 3.8) is 0 Å². The average Bonchev–Trinajstić information content (AvgIpc) is 2.54. The highest BCUT2D eigenvalue weighted by Gasteiger charge is 2.18. The van der Waals surface area contributed by atoms with Crippen LogP contribution in [-0.4, -0.2) is 26.9 Å². The van der Waals surface area contributed by atoms with E-state index in [0.717, 1.165) is 6.07 Å². The molecule has 0 aliphatic rings. The number of aliphatic carboxylic acids is 1. The van der Waals surface area contributed by atoms with E-state index in [2.05, 4.69) is 0 Å². The van der Waals surface area contributed by atoms with Crippen molar-refractivity contribution >= 4 is 23.2 Å². The molecule has 2 aromatic rings. The van der Waals surface area contributed by atoms with Gasteiger partial charge in [0.1, 0.15) is 5.76 Å². The lowest BCUT2D eigenvalue weighted by molar-refractivity contribution is -0.384. The highest BCUT2D eigenvalue weighted by molar-refractivity contribution is 6.38. The number of hydrogen-bond acceptors (Lipinski definition) is 5. The third kappa shape index (κ3) is 3.59. The fraction of sp³-hybridized carbons (Fsp3) is 0. The van der Waals surface area contributed by atoms with Gasteiger partial charge in [-0.2, -0.15) is 0 Å². The van der Waals surface area contributed by atoms with Gasteiger partial charge in [0.05, 0.1) is 10.5 Å².